The third-order valence-electron chi connectivity index (χ3n) is 9.92. The molecule has 2 unspecified atom stereocenters. The minimum absolute atomic E-state index is 0.226. The zero-order chi connectivity index (χ0) is 39.6. The van der Waals surface area contributed by atoms with Crippen molar-refractivity contribution in [3.63, 3.8) is 0 Å². The van der Waals surface area contributed by atoms with Gasteiger partial charge in [-0.25, -0.2) is 4.57 Å². The quantitative estimate of drug-likeness (QED) is 0.0282. The molecule has 0 aliphatic rings. The van der Waals surface area contributed by atoms with Gasteiger partial charge in [0, 0.05) is 20.0 Å². The predicted octanol–water partition coefficient (Wildman–Crippen LogP) is 14.2. The summed E-state index contributed by atoms with van der Waals surface area (Å²) in [5, 5.41) is 0. The lowest BCUT2D eigenvalue weighted by molar-refractivity contribution is -0.161. The van der Waals surface area contributed by atoms with Crippen LogP contribution >= 0.6 is 7.82 Å². The van der Waals surface area contributed by atoms with Crippen molar-refractivity contribution in [3.05, 3.63) is 24.3 Å². The Morgan fingerprint density at radius 1 is 0.500 bits per heavy atom. The summed E-state index contributed by atoms with van der Waals surface area (Å²) >= 11 is 0. The fourth-order valence-electron chi connectivity index (χ4n) is 6.41. The molecule has 54 heavy (non-hydrogen) atoms. The van der Waals surface area contributed by atoms with E-state index in [4.69, 9.17) is 14.0 Å². The molecule has 0 aromatic heterocycles. The van der Waals surface area contributed by atoms with Crippen LogP contribution < -0.4 is 0 Å². The van der Waals surface area contributed by atoms with Crippen molar-refractivity contribution < 1.29 is 37.6 Å². The van der Waals surface area contributed by atoms with Crippen LogP contribution in [0, 0.1) is 0 Å². The number of hydrogen-bond acceptors (Lipinski definition) is 7. The smallest absolute Gasteiger partial charge is 0.462 e. The Balaban J connectivity index is 3.97. The lowest BCUT2D eigenvalue weighted by Gasteiger charge is -2.19. The number of allylic oxidation sites excluding steroid dienone is 4. The predicted molar refractivity (Wildman–Crippen MR) is 226 cm³/mol. The first kappa shape index (κ1) is 52.5. The highest BCUT2D eigenvalue weighted by Gasteiger charge is 2.24. The first-order chi connectivity index (χ1) is 26.3. The van der Waals surface area contributed by atoms with Crippen LogP contribution in [0.15, 0.2) is 24.3 Å². The molecule has 0 saturated carbocycles. The molecule has 1 N–H and O–H groups in total. The highest BCUT2D eigenvalue weighted by Crippen LogP contribution is 2.42. The molecule has 0 saturated heterocycles. The van der Waals surface area contributed by atoms with Gasteiger partial charge < -0.3 is 14.4 Å². The van der Waals surface area contributed by atoms with Gasteiger partial charge in [-0.15, -0.1) is 0 Å². The van der Waals surface area contributed by atoms with Gasteiger partial charge in [0.1, 0.15) is 6.61 Å². The molecule has 318 valence electrons. The standard InChI is InChI=1S/C45H85O8P/c1-4-6-8-10-12-14-16-18-20-22-24-26-28-30-32-34-36-38-40-45(47)53-43(42-52-54(48,49)50-3)41-51-44(46)39-37-35-33-31-29-27-25-23-21-19-17-15-13-11-9-7-5-2/h19-22,43H,4-18,23-42H2,1-3H3,(H,48,49)/b21-19-,22-20-. The number of phosphoric ester groups is 1. The fourth-order valence-corrected chi connectivity index (χ4v) is 6.87. The maximum Gasteiger partial charge on any atom is 0.472 e. The molecule has 0 aliphatic carbocycles. The van der Waals surface area contributed by atoms with E-state index in [1.165, 1.54) is 148 Å². The third kappa shape index (κ3) is 40.2. The first-order valence-electron chi connectivity index (χ1n) is 22.5. The highest BCUT2D eigenvalue weighted by molar-refractivity contribution is 7.47. The second-order valence-electron chi connectivity index (χ2n) is 15.2. The first-order valence-corrected chi connectivity index (χ1v) is 24.0. The molecule has 0 spiro atoms. The van der Waals surface area contributed by atoms with Gasteiger partial charge >= 0.3 is 19.8 Å². The number of phosphoric acid groups is 1. The molecule has 2 atom stereocenters. The normalized spacial score (nSPS) is 13.5. The minimum atomic E-state index is -4.26. The van der Waals surface area contributed by atoms with Gasteiger partial charge in [-0.05, 0) is 64.2 Å². The molecule has 0 aromatic carbocycles. The zero-order valence-corrected chi connectivity index (χ0v) is 36.3. The molecule has 9 heteroatoms. The van der Waals surface area contributed by atoms with Crippen molar-refractivity contribution in [2.75, 3.05) is 20.3 Å². The van der Waals surface area contributed by atoms with Gasteiger partial charge in [0.15, 0.2) is 6.10 Å². The summed E-state index contributed by atoms with van der Waals surface area (Å²) in [5.74, 6) is -0.806. The lowest BCUT2D eigenvalue weighted by atomic mass is 10.1. The van der Waals surface area contributed by atoms with Crippen molar-refractivity contribution in [3.8, 4) is 0 Å². The summed E-state index contributed by atoms with van der Waals surface area (Å²) in [6.07, 6.45) is 46.5. The van der Waals surface area contributed by atoms with E-state index in [1.807, 2.05) is 0 Å². The van der Waals surface area contributed by atoms with Crippen LogP contribution in [-0.4, -0.2) is 43.3 Å². The van der Waals surface area contributed by atoms with Crippen molar-refractivity contribution in [2.24, 2.45) is 0 Å². The SMILES string of the molecule is CCCCCCCC/C=C\CCCCCCCCCC(=O)OCC(COP(=O)(O)OC)OC(=O)CCCCCCCCC/C=C\CCCCCCCCC. The minimum Gasteiger partial charge on any atom is -0.462 e. The second kappa shape index (κ2) is 41.2. The second-order valence-corrected chi connectivity index (χ2v) is 16.7. The van der Waals surface area contributed by atoms with E-state index in [2.05, 4.69) is 42.7 Å². The lowest BCUT2D eigenvalue weighted by Crippen LogP contribution is -2.29. The van der Waals surface area contributed by atoms with Crippen LogP contribution in [0.2, 0.25) is 0 Å². The molecule has 0 bridgehead atoms. The number of rotatable bonds is 42. The van der Waals surface area contributed by atoms with E-state index < -0.39 is 26.5 Å². The van der Waals surface area contributed by atoms with Gasteiger partial charge in [-0.1, -0.05) is 173 Å². The van der Waals surface area contributed by atoms with Gasteiger partial charge in [0.25, 0.3) is 0 Å². The monoisotopic (exact) mass is 785 g/mol. The van der Waals surface area contributed by atoms with Crippen LogP contribution in [0.3, 0.4) is 0 Å². The number of carbonyl (C=O) groups excluding carboxylic acids is 2. The van der Waals surface area contributed by atoms with Crippen molar-refractivity contribution in [1.29, 1.82) is 0 Å². The Morgan fingerprint density at radius 2 is 0.833 bits per heavy atom. The van der Waals surface area contributed by atoms with Crippen molar-refractivity contribution >= 4 is 19.8 Å². The number of ether oxygens (including phenoxy) is 2. The van der Waals surface area contributed by atoms with Crippen LogP contribution in [0.5, 0.6) is 0 Å². The van der Waals surface area contributed by atoms with E-state index in [1.54, 1.807) is 0 Å². The van der Waals surface area contributed by atoms with Gasteiger partial charge in [0.05, 0.1) is 6.61 Å². The molecule has 0 rings (SSSR count). The Morgan fingerprint density at radius 3 is 1.20 bits per heavy atom. The van der Waals surface area contributed by atoms with Crippen LogP contribution in [0.25, 0.3) is 0 Å². The van der Waals surface area contributed by atoms with Gasteiger partial charge in [-0.3, -0.25) is 18.6 Å². The molecule has 0 amide bonds. The summed E-state index contributed by atoms with van der Waals surface area (Å²) in [7, 11) is -3.20. The Hall–Kier alpha value is -1.47. The maximum atomic E-state index is 12.5. The molecule has 0 fully saturated rings. The van der Waals surface area contributed by atoms with Crippen LogP contribution in [0.1, 0.15) is 226 Å². The zero-order valence-electron chi connectivity index (χ0n) is 35.4. The summed E-state index contributed by atoms with van der Waals surface area (Å²) < 4.78 is 32.0. The van der Waals surface area contributed by atoms with Crippen molar-refractivity contribution in [2.45, 2.75) is 232 Å². The Labute approximate surface area is 333 Å². The highest BCUT2D eigenvalue weighted by atomic mass is 31.2. The van der Waals surface area contributed by atoms with Crippen LogP contribution in [0.4, 0.5) is 0 Å². The molecular formula is C45H85O8P. The fraction of sp³-hybridized carbons (Fsp3) is 0.867. The average Bonchev–Trinajstić information content (AvgIpc) is 3.16. The van der Waals surface area contributed by atoms with E-state index in [0.29, 0.717) is 6.42 Å². The molecule has 0 heterocycles. The summed E-state index contributed by atoms with van der Waals surface area (Å²) in [4.78, 5) is 34.5. The van der Waals surface area contributed by atoms with Crippen LogP contribution in [-0.2, 0) is 32.7 Å². The van der Waals surface area contributed by atoms with E-state index in [9.17, 15) is 19.0 Å². The largest absolute Gasteiger partial charge is 0.472 e. The molecule has 0 radical (unpaired) electrons. The van der Waals surface area contributed by atoms with Gasteiger partial charge in [-0.2, -0.15) is 0 Å². The third-order valence-corrected chi connectivity index (χ3v) is 10.9. The topological polar surface area (TPSA) is 108 Å². The summed E-state index contributed by atoms with van der Waals surface area (Å²) in [6, 6.07) is 0. The molecular weight excluding hydrogens is 699 g/mol. The van der Waals surface area contributed by atoms with E-state index in [-0.39, 0.29) is 25.4 Å². The van der Waals surface area contributed by atoms with E-state index >= 15 is 0 Å². The number of hydrogen-bond donors (Lipinski definition) is 1. The Bertz CT molecular complexity index is 937. The average molecular weight is 785 g/mol. The summed E-state index contributed by atoms with van der Waals surface area (Å²) in [5.41, 5.74) is 0. The molecule has 8 nitrogen and oxygen atoms in total. The van der Waals surface area contributed by atoms with Gasteiger partial charge in [0.2, 0.25) is 0 Å². The number of carbonyl (C=O) groups is 2. The Kier molecular flexibility index (Phi) is 40.1. The number of unbranched alkanes of at least 4 members (excludes halogenated alkanes) is 27. The molecule has 0 aromatic rings. The van der Waals surface area contributed by atoms with Crippen molar-refractivity contribution in [1.82, 2.24) is 0 Å². The van der Waals surface area contributed by atoms with E-state index in [0.717, 1.165) is 52.1 Å². The molecule has 0 aliphatic heterocycles. The number of esters is 2. The summed E-state index contributed by atoms with van der Waals surface area (Å²) in [6.45, 7) is 3.90. The maximum absolute atomic E-state index is 12.5.